The molecule has 0 saturated heterocycles. The second-order valence-corrected chi connectivity index (χ2v) is 2.74. The molecule has 0 aromatic carbocycles. The number of hydrogen-bond acceptors (Lipinski definition) is 3. The van der Waals surface area contributed by atoms with Crippen molar-refractivity contribution < 1.29 is 4.18 Å². The highest BCUT2D eigenvalue weighted by Gasteiger charge is 2.41. The monoisotopic (exact) mass is 133 g/mol. The lowest BCUT2D eigenvalue weighted by atomic mass is 10.1. The van der Waals surface area contributed by atoms with Crippen LogP contribution in [0.3, 0.4) is 0 Å². The minimum absolute atomic E-state index is 0.321. The van der Waals surface area contributed by atoms with E-state index in [-0.39, 0.29) is 0 Å². The van der Waals surface area contributed by atoms with Gasteiger partial charge in [0, 0.05) is 12.0 Å². The topological polar surface area (TPSA) is 35.2 Å². The Morgan fingerprint density at radius 1 is 1.62 bits per heavy atom. The Morgan fingerprint density at radius 3 is 2.38 bits per heavy atom. The van der Waals surface area contributed by atoms with Crippen LogP contribution >= 0.6 is 12.9 Å². The van der Waals surface area contributed by atoms with Gasteiger partial charge in [-0.25, -0.2) is 0 Å². The molecule has 0 aromatic heterocycles. The number of thiol groups is 1. The summed E-state index contributed by atoms with van der Waals surface area (Å²) in [4.78, 5) is 0. The van der Waals surface area contributed by atoms with Crippen LogP contribution in [0, 0.1) is 5.41 Å². The fourth-order valence-corrected chi connectivity index (χ4v) is 0.995. The predicted octanol–water partition coefficient (Wildman–Crippen LogP) is 0.587. The molecule has 48 valence electrons. The summed E-state index contributed by atoms with van der Waals surface area (Å²) in [5.74, 6) is 0. The highest BCUT2D eigenvalue weighted by atomic mass is 32.1. The lowest BCUT2D eigenvalue weighted by molar-refractivity contribution is 0.281. The zero-order valence-corrected chi connectivity index (χ0v) is 5.66. The van der Waals surface area contributed by atoms with E-state index in [2.05, 4.69) is 17.1 Å². The van der Waals surface area contributed by atoms with E-state index in [9.17, 15) is 0 Å². The van der Waals surface area contributed by atoms with Crippen LogP contribution in [0.5, 0.6) is 0 Å². The van der Waals surface area contributed by atoms with Crippen molar-refractivity contribution in [2.75, 3.05) is 13.2 Å². The van der Waals surface area contributed by atoms with Gasteiger partial charge in [0.15, 0.2) is 0 Å². The molecule has 1 aliphatic rings. The summed E-state index contributed by atoms with van der Waals surface area (Å²) in [5.41, 5.74) is 5.76. The van der Waals surface area contributed by atoms with Crippen LogP contribution in [0.1, 0.15) is 12.8 Å². The molecule has 8 heavy (non-hydrogen) atoms. The van der Waals surface area contributed by atoms with E-state index in [1.165, 1.54) is 12.8 Å². The van der Waals surface area contributed by atoms with Crippen molar-refractivity contribution in [3.05, 3.63) is 0 Å². The summed E-state index contributed by atoms with van der Waals surface area (Å²) in [6.45, 7) is 1.46. The summed E-state index contributed by atoms with van der Waals surface area (Å²) < 4.78 is 4.67. The van der Waals surface area contributed by atoms with Crippen LogP contribution in [0.15, 0.2) is 0 Å². The average molecular weight is 133 g/mol. The van der Waals surface area contributed by atoms with Crippen LogP contribution in [0.4, 0.5) is 0 Å². The minimum atomic E-state index is 0.321. The molecule has 0 spiro atoms. The molecule has 1 fully saturated rings. The molecule has 0 unspecified atom stereocenters. The number of rotatable bonds is 3. The van der Waals surface area contributed by atoms with Gasteiger partial charge in [0.25, 0.3) is 0 Å². The lowest BCUT2D eigenvalue weighted by Crippen LogP contribution is -2.19. The van der Waals surface area contributed by atoms with Gasteiger partial charge in [-0.2, -0.15) is 0 Å². The largest absolute Gasteiger partial charge is 0.330 e. The Kier molecular flexibility index (Phi) is 1.80. The third-order valence-corrected chi connectivity index (χ3v) is 1.89. The Balaban J connectivity index is 2.20. The minimum Gasteiger partial charge on any atom is -0.330 e. The smallest absolute Gasteiger partial charge is 0.0678 e. The molecule has 1 saturated carbocycles. The summed E-state index contributed by atoms with van der Waals surface area (Å²) in [5, 5.41) is 0. The van der Waals surface area contributed by atoms with Gasteiger partial charge >= 0.3 is 0 Å². The maximum absolute atomic E-state index is 5.44. The van der Waals surface area contributed by atoms with Crippen molar-refractivity contribution in [3.8, 4) is 0 Å². The van der Waals surface area contributed by atoms with Crippen LogP contribution in [-0.2, 0) is 4.18 Å². The number of nitrogens with two attached hydrogens (primary N) is 1. The predicted molar refractivity (Wildman–Crippen MR) is 35.7 cm³/mol. The van der Waals surface area contributed by atoms with Crippen LogP contribution < -0.4 is 5.73 Å². The molecule has 0 bridgehead atoms. The lowest BCUT2D eigenvalue weighted by Gasteiger charge is -2.07. The normalized spacial score (nSPS) is 23.2. The molecule has 0 heterocycles. The van der Waals surface area contributed by atoms with Crippen LogP contribution in [-0.4, -0.2) is 13.2 Å². The fourth-order valence-electron chi connectivity index (χ4n) is 0.721. The molecule has 0 atom stereocenters. The third kappa shape index (κ3) is 1.16. The van der Waals surface area contributed by atoms with Gasteiger partial charge < -0.3 is 9.92 Å². The second-order valence-electron chi connectivity index (χ2n) is 2.48. The Morgan fingerprint density at radius 2 is 2.25 bits per heavy atom. The van der Waals surface area contributed by atoms with Gasteiger partial charge in [0.1, 0.15) is 0 Å². The molecule has 1 aliphatic carbocycles. The second kappa shape index (κ2) is 2.25. The van der Waals surface area contributed by atoms with E-state index < -0.39 is 0 Å². The summed E-state index contributed by atoms with van der Waals surface area (Å²) in [6.07, 6.45) is 2.42. The zero-order chi connectivity index (χ0) is 6.04. The molecule has 0 aliphatic heterocycles. The van der Waals surface area contributed by atoms with E-state index in [1.54, 1.807) is 0 Å². The first-order chi connectivity index (χ1) is 3.83. The van der Waals surface area contributed by atoms with Crippen molar-refractivity contribution in [1.29, 1.82) is 0 Å². The molecular formula is C5H11NOS. The molecule has 2 N–H and O–H groups in total. The maximum Gasteiger partial charge on any atom is 0.0678 e. The van der Waals surface area contributed by atoms with Gasteiger partial charge in [0.2, 0.25) is 0 Å². The quantitative estimate of drug-likeness (QED) is 0.436. The molecular weight excluding hydrogens is 122 g/mol. The summed E-state index contributed by atoms with van der Waals surface area (Å²) in [7, 11) is 0. The van der Waals surface area contributed by atoms with Gasteiger partial charge in [-0.15, -0.1) is 0 Å². The summed E-state index contributed by atoms with van der Waals surface area (Å²) in [6, 6.07) is 0. The first-order valence-electron chi connectivity index (χ1n) is 2.79. The Labute approximate surface area is 55.0 Å². The highest BCUT2D eigenvalue weighted by molar-refractivity contribution is 7.75. The van der Waals surface area contributed by atoms with Crippen molar-refractivity contribution in [1.82, 2.24) is 0 Å². The molecule has 0 aromatic rings. The van der Waals surface area contributed by atoms with Gasteiger partial charge in [-0.05, 0) is 25.8 Å². The first kappa shape index (κ1) is 6.39. The fraction of sp³-hybridized carbons (Fsp3) is 1.00. The Bertz CT molecular complexity index is 82.5. The molecule has 0 amide bonds. The standard InChI is InChI=1S/C5H11NOS/c6-3-5(1-2-5)4-7-8/h8H,1-4,6H2. The molecule has 2 nitrogen and oxygen atoms in total. The SMILES string of the molecule is NCC1(COS)CC1. The van der Waals surface area contributed by atoms with E-state index in [0.29, 0.717) is 12.0 Å². The maximum atomic E-state index is 5.44. The number of hydrogen-bond donors (Lipinski definition) is 2. The molecule has 0 radical (unpaired) electrons. The van der Waals surface area contributed by atoms with Crippen molar-refractivity contribution in [2.24, 2.45) is 11.1 Å². The van der Waals surface area contributed by atoms with E-state index in [0.717, 1.165) is 6.54 Å². The van der Waals surface area contributed by atoms with Gasteiger partial charge in [-0.1, -0.05) is 0 Å². The van der Waals surface area contributed by atoms with E-state index in [4.69, 9.17) is 5.73 Å². The van der Waals surface area contributed by atoms with Crippen molar-refractivity contribution in [2.45, 2.75) is 12.8 Å². The zero-order valence-electron chi connectivity index (χ0n) is 4.76. The van der Waals surface area contributed by atoms with Crippen molar-refractivity contribution >= 4 is 12.9 Å². The van der Waals surface area contributed by atoms with E-state index in [1.807, 2.05) is 0 Å². The van der Waals surface area contributed by atoms with E-state index >= 15 is 0 Å². The summed E-state index contributed by atoms with van der Waals surface area (Å²) >= 11 is 3.65. The molecule has 3 heteroatoms. The van der Waals surface area contributed by atoms with Gasteiger partial charge in [-0.3, -0.25) is 0 Å². The third-order valence-electron chi connectivity index (χ3n) is 1.76. The highest BCUT2D eigenvalue weighted by Crippen LogP contribution is 2.44. The average Bonchev–Trinajstić information content (AvgIpc) is 2.50. The molecule has 1 rings (SSSR count). The Hall–Kier alpha value is 0.270. The van der Waals surface area contributed by atoms with Gasteiger partial charge in [0.05, 0.1) is 6.61 Å². The van der Waals surface area contributed by atoms with Crippen molar-refractivity contribution in [3.63, 3.8) is 0 Å². The van der Waals surface area contributed by atoms with Crippen LogP contribution in [0.25, 0.3) is 0 Å². The first-order valence-corrected chi connectivity index (χ1v) is 3.16. The van der Waals surface area contributed by atoms with Crippen LogP contribution in [0.2, 0.25) is 0 Å².